The SMILES string of the molecule is O=C(O)Cc1nsc2ccc(Cl)cc12. The Morgan fingerprint density at radius 2 is 2.36 bits per heavy atom. The molecule has 1 aromatic heterocycles. The van der Waals surface area contributed by atoms with Crippen LogP contribution in [-0.2, 0) is 11.2 Å². The van der Waals surface area contributed by atoms with Gasteiger partial charge in [0.05, 0.1) is 16.8 Å². The predicted octanol–water partition coefficient (Wildman–Crippen LogP) is 2.58. The van der Waals surface area contributed by atoms with Crippen LogP contribution in [0.4, 0.5) is 0 Å². The summed E-state index contributed by atoms with van der Waals surface area (Å²) in [4.78, 5) is 10.5. The third-order valence-electron chi connectivity index (χ3n) is 1.83. The van der Waals surface area contributed by atoms with E-state index in [-0.39, 0.29) is 6.42 Å². The molecular formula is C9H6ClNO2S. The summed E-state index contributed by atoms with van der Waals surface area (Å²) in [5.74, 6) is -0.878. The average Bonchev–Trinajstić information content (AvgIpc) is 2.47. The van der Waals surface area contributed by atoms with Gasteiger partial charge in [-0.1, -0.05) is 11.6 Å². The molecule has 14 heavy (non-hydrogen) atoms. The van der Waals surface area contributed by atoms with Crippen molar-refractivity contribution in [3.8, 4) is 0 Å². The van der Waals surface area contributed by atoms with Crippen LogP contribution in [0.25, 0.3) is 10.1 Å². The van der Waals surface area contributed by atoms with Gasteiger partial charge < -0.3 is 5.11 Å². The molecular weight excluding hydrogens is 222 g/mol. The van der Waals surface area contributed by atoms with E-state index in [1.165, 1.54) is 11.5 Å². The van der Waals surface area contributed by atoms with Crippen LogP contribution in [0.2, 0.25) is 5.02 Å². The summed E-state index contributed by atoms with van der Waals surface area (Å²) in [6.07, 6.45) is -0.0552. The minimum atomic E-state index is -0.878. The highest BCUT2D eigenvalue weighted by Gasteiger charge is 2.09. The van der Waals surface area contributed by atoms with E-state index in [4.69, 9.17) is 16.7 Å². The van der Waals surface area contributed by atoms with E-state index in [1.54, 1.807) is 12.1 Å². The summed E-state index contributed by atoms with van der Waals surface area (Å²) < 4.78 is 5.04. The van der Waals surface area contributed by atoms with Gasteiger partial charge in [-0.05, 0) is 29.7 Å². The molecule has 0 aliphatic carbocycles. The Kier molecular flexibility index (Phi) is 2.39. The third kappa shape index (κ3) is 1.71. The van der Waals surface area contributed by atoms with Crippen LogP contribution in [0.1, 0.15) is 5.69 Å². The second-order valence-electron chi connectivity index (χ2n) is 2.84. The molecule has 0 bridgehead atoms. The highest BCUT2D eigenvalue weighted by molar-refractivity contribution is 7.13. The molecule has 1 heterocycles. The molecule has 5 heteroatoms. The second kappa shape index (κ2) is 3.55. The van der Waals surface area contributed by atoms with Gasteiger partial charge in [0.25, 0.3) is 0 Å². The maximum Gasteiger partial charge on any atom is 0.309 e. The predicted molar refractivity (Wildman–Crippen MR) is 56.0 cm³/mol. The Balaban J connectivity index is 2.55. The van der Waals surface area contributed by atoms with Crippen molar-refractivity contribution in [1.82, 2.24) is 4.37 Å². The summed E-state index contributed by atoms with van der Waals surface area (Å²) >= 11 is 7.11. The molecule has 0 saturated heterocycles. The van der Waals surface area contributed by atoms with Crippen molar-refractivity contribution < 1.29 is 9.90 Å². The highest BCUT2D eigenvalue weighted by atomic mass is 35.5. The van der Waals surface area contributed by atoms with Gasteiger partial charge in [-0.3, -0.25) is 4.79 Å². The smallest absolute Gasteiger partial charge is 0.309 e. The van der Waals surface area contributed by atoms with Crippen LogP contribution in [-0.4, -0.2) is 15.4 Å². The Labute approximate surface area is 89.1 Å². The number of carbonyl (C=O) groups is 1. The van der Waals surface area contributed by atoms with E-state index in [9.17, 15) is 4.79 Å². The van der Waals surface area contributed by atoms with Gasteiger partial charge in [0.1, 0.15) is 0 Å². The number of halogens is 1. The molecule has 3 nitrogen and oxygen atoms in total. The standard InChI is InChI=1S/C9H6ClNO2S/c10-5-1-2-8-6(3-5)7(11-14-8)4-9(12)13/h1-3H,4H2,(H,12,13). The molecule has 0 saturated carbocycles. The summed E-state index contributed by atoms with van der Waals surface area (Å²) in [6, 6.07) is 5.37. The van der Waals surface area contributed by atoms with Crippen LogP contribution in [0.15, 0.2) is 18.2 Å². The van der Waals surface area contributed by atoms with Gasteiger partial charge in [-0.25, -0.2) is 0 Å². The molecule has 0 spiro atoms. The van der Waals surface area contributed by atoms with E-state index in [1.807, 2.05) is 6.07 Å². The van der Waals surface area contributed by atoms with Crippen LogP contribution in [0, 0.1) is 0 Å². The zero-order valence-corrected chi connectivity index (χ0v) is 8.60. The normalized spacial score (nSPS) is 10.6. The number of carboxylic acid groups (broad SMARTS) is 1. The minimum Gasteiger partial charge on any atom is -0.481 e. The third-order valence-corrected chi connectivity index (χ3v) is 2.92. The molecule has 0 atom stereocenters. The van der Waals surface area contributed by atoms with Gasteiger partial charge in [0.2, 0.25) is 0 Å². The number of carboxylic acids is 1. The van der Waals surface area contributed by atoms with Crippen LogP contribution in [0.3, 0.4) is 0 Å². The second-order valence-corrected chi connectivity index (χ2v) is 4.08. The van der Waals surface area contributed by atoms with Gasteiger partial charge >= 0.3 is 5.97 Å². The summed E-state index contributed by atoms with van der Waals surface area (Å²) in [6.45, 7) is 0. The number of aromatic nitrogens is 1. The summed E-state index contributed by atoms with van der Waals surface area (Å²) in [5, 5.41) is 10.1. The maximum absolute atomic E-state index is 10.5. The van der Waals surface area contributed by atoms with Crippen molar-refractivity contribution >= 4 is 39.2 Å². The zero-order valence-electron chi connectivity index (χ0n) is 7.03. The van der Waals surface area contributed by atoms with Crippen molar-refractivity contribution in [3.63, 3.8) is 0 Å². The van der Waals surface area contributed by atoms with Crippen molar-refractivity contribution in [3.05, 3.63) is 28.9 Å². The van der Waals surface area contributed by atoms with Gasteiger partial charge in [-0.2, -0.15) is 4.37 Å². The first-order valence-electron chi connectivity index (χ1n) is 3.92. The van der Waals surface area contributed by atoms with Gasteiger partial charge in [0.15, 0.2) is 0 Å². The number of nitrogens with zero attached hydrogens (tertiary/aromatic N) is 1. The number of rotatable bonds is 2. The van der Waals surface area contributed by atoms with E-state index in [0.29, 0.717) is 10.7 Å². The quantitative estimate of drug-likeness (QED) is 0.858. The molecule has 0 unspecified atom stereocenters. The fourth-order valence-electron chi connectivity index (χ4n) is 1.23. The molecule has 1 N–H and O–H groups in total. The molecule has 2 aromatic rings. The molecule has 0 radical (unpaired) electrons. The Hall–Kier alpha value is -1.13. The number of benzene rings is 1. The lowest BCUT2D eigenvalue weighted by molar-refractivity contribution is -0.136. The van der Waals surface area contributed by atoms with Crippen LogP contribution < -0.4 is 0 Å². The number of hydrogen-bond donors (Lipinski definition) is 1. The monoisotopic (exact) mass is 227 g/mol. The molecule has 0 aliphatic rings. The minimum absolute atomic E-state index is 0.0552. The van der Waals surface area contributed by atoms with Crippen LogP contribution >= 0.6 is 23.1 Å². The van der Waals surface area contributed by atoms with E-state index < -0.39 is 5.97 Å². The Morgan fingerprint density at radius 3 is 3.07 bits per heavy atom. The summed E-state index contributed by atoms with van der Waals surface area (Å²) in [5.41, 5.74) is 0.583. The Morgan fingerprint density at radius 1 is 1.57 bits per heavy atom. The fraction of sp³-hybridized carbons (Fsp3) is 0.111. The van der Waals surface area contributed by atoms with E-state index in [2.05, 4.69) is 4.37 Å². The topological polar surface area (TPSA) is 50.2 Å². The van der Waals surface area contributed by atoms with Crippen LogP contribution in [0.5, 0.6) is 0 Å². The fourth-order valence-corrected chi connectivity index (χ4v) is 2.18. The summed E-state index contributed by atoms with van der Waals surface area (Å²) in [7, 11) is 0. The first-order valence-corrected chi connectivity index (χ1v) is 5.07. The molecule has 1 aromatic carbocycles. The maximum atomic E-state index is 10.5. The van der Waals surface area contributed by atoms with E-state index in [0.717, 1.165) is 10.1 Å². The molecule has 0 fully saturated rings. The molecule has 0 amide bonds. The van der Waals surface area contributed by atoms with Crippen molar-refractivity contribution in [1.29, 1.82) is 0 Å². The first-order chi connectivity index (χ1) is 6.66. The molecule has 2 rings (SSSR count). The lowest BCUT2D eigenvalue weighted by Gasteiger charge is -1.93. The molecule has 0 aliphatic heterocycles. The Bertz CT molecular complexity index is 495. The number of fused-ring (bicyclic) bond motifs is 1. The zero-order chi connectivity index (χ0) is 10.1. The van der Waals surface area contributed by atoms with Gasteiger partial charge in [-0.15, -0.1) is 0 Å². The first kappa shape index (κ1) is 9.43. The molecule has 72 valence electrons. The van der Waals surface area contributed by atoms with Crippen molar-refractivity contribution in [2.75, 3.05) is 0 Å². The number of hydrogen-bond acceptors (Lipinski definition) is 3. The lowest BCUT2D eigenvalue weighted by atomic mass is 10.2. The highest BCUT2D eigenvalue weighted by Crippen LogP contribution is 2.26. The van der Waals surface area contributed by atoms with Crippen molar-refractivity contribution in [2.24, 2.45) is 0 Å². The number of aliphatic carboxylic acids is 1. The average molecular weight is 228 g/mol. The van der Waals surface area contributed by atoms with Crippen molar-refractivity contribution in [2.45, 2.75) is 6.42 Å². The van der Waals surface area contributed by atoms with Gasteiger partial charge in [0, 0.05) is 10.4 Å². The largest absolute Gasteiger partial charge is 0.481 e. The van der Waals surface area contributed by atoms with E-state index >= 15 is 0 Å². The lowest BCUT2D eigenvalue weighted by Crippen LogP contribution is -2.00.